The zero-order valence-electron chi connectivity index (χ0n) is 17.1. The minimum absolute atomic E-state index is 0.0656. The maximum atomic E-state index is 13.2. The molecule has 31 heavy (non-hydrogen) atoms. The average Bonchev–Trinajstić information content (AvgIpc) is 2.78. The van der Waals surface area contributed by atoms with Gasteiger partial charge in [-0.3, -0.25) is 0 Å². The van der Waals surface area contributed by atoms with Crippen LogP contribution in [0.1, 0.15) is 40.2 Å². The van der Waals surface area contributed by atoms with Crippen molar-refractivity contribution in [1.29, 1.82) is 0 Å². The molecule has 10 heteroatoms. The van der Waals surface area contributed by atoms with E-state index in [-0.39, 0.29) is 11.5 Å². The number of aromatic carboxylic acids is 1. The van der Waals surface area contributed by atoms with E-state index >= 15 is 0 Å². The van der Waals surface area contributed by atoms with Crippen molar-refractivity contribution in [3.63, 3.8) is 0 Å². The van der Waals surface area contributed by atoms with E-state index in [1.165, 1.54) is 31.4 Å². The number of rotatable bonds is 6. The van der Waals surface area contributed by atoms with Crippen LogP contribution in [0.3, 0.4) is 0 Å². The van der Waals surface area contributed by atoms with Gasteiger partial charge in [0, 0.05) is 19.3 Å². The molecule has 1 aliphatic rings. The highest BCUT2D eigenvalue weighted by Gasteiger charge is 2.32. The van der Waals surface area contributed by atoms with Crippen LogP contribution in [0, 0.1) is 0 Å². The van der Waals surface area contributed by atoms with Gasteiger partial charge in [-0.2, -0.15) is 13.2 Å². The highest BCUT2D eigenvalue weighted by atomic mass is 32.2. The second-order valence-electron chi connectivity index (χ2n) is 6.72. The number of aliphatic hydroxyl groups excluding tert-OH is 1. The minimum atomic E-state index is -4.45. The predicted octanol–water partition coefficient (Wildman–Crippen LogP) is 4.61. The maximum Gasteiger partial charge on any atom is 0.416 e. The van der Waals surface area contributed by atoms with Crippen LogP contribution in [0.4, 0.5) is 18.9 Å². The van der Waals surface area contributed by atoms with Gasteiger partial charge in [0.1, 0.15) is 5.75 Å². The third-order valence-electron chi connectivity index (χ3n) is 4.80. The van der Waals surface area contributed by atoms with Crippen LogP contribution in [-0.2, 0) is 6.18 Å². The molecule has 170 valence electrons. The Labute approximate surface area is 182 Å². The van der Waals surface area contributed by atoms with Gasteiger partial charge in [0.25, 0.3) is 0 Å². The first kappa shape index (κ1) is 24.8. The lowest BCUT2D eigenvalue weighted by atomic mass is 9.90. The van der Waals surface area contributed by atoms with Crippen LogP contribution in [-0.4, -0.2) is 43.5 Å². The molecule has 0 amide bonds. The summed E-state index contributed by atoms with van der Waals surface area (Å²) in [4.78, 5) is 11.7. The smallest absolute Gasteiger partial charge is 0.416 e. The minimum Gasteiger partial charge on any atom is -0.496 e. The molecular formula is C21H25F3N2O4S. The molecule has 3 rings (SSSR count). The first-order chi connectivity index (χ1) is 14.8. The van der Waals surface area contributed by atoms with Crippen molar-refractivity contribution in [2.45, 2.75) is 29.8 Å². The monoisotopic (exact) mass is 458 g/mol. The van der Waals surface area contributed by atoms with Gasteiger partial charge in [0.15, 0.2) is 0 Å². The second kappa shape index (κ2) is 11.3. The molecule has 6 nitrogen and oxygen atoms in total. The number of ether oxygens (including phenoxy) is 1. The zero-order chi connectivity index (χ0) is 23.0. The summed E-state index contributed by atoms with van der Waals surface area (Å²) in [7, 11) is 2.45. The van der Waals surface area contributed by atoms with E-state index in [0.717, 1.165) is 56.1 Å². The van der Waals surface area contributed by atoms with Crippen LogP contribution < -0.4 is 14.8 Å². The van der Waals surface area contributed by atoms with Crippen molar-refractivity contribution >= 4 is 23.6 Å². The molecule has 1 saturated heterocycles. The van der Waals surface area contributed by atoms with Crippen molar-refractivity contribution in [3.05, 3.63) is 53.1 Å². The molecule has 1 heterocycles. The summed E-state index contributed by atoms with van der Waals surface area (Å²) in [6, 6.07) is 8.08. The summed E-state index contributed by atoms with van der Waals surface area (Å²) in [5, 5.41) is 19.5. The van der Waals surface area contributed by atoms with Crippen molar-refractivity contribution in [2.75, 3.05) is 32.0 Å². The van der Waals surface area contributed by atoms with Gasteiger partial charge in [-0.15, -0.1) is 0 Å². The molecule has 0 bridgehead atoms. The molecule has 1 fully saturated rings. The van der Waals surface area contributed by atoms with E-state index in [1.54, 1.807) is 0 Å². The average molecular weight is 459 g/mol. The number of methoxy groups -OCH3 is 1. The second-order valence-corrected chi connectivity index (χ2v) is 7.57. The normalized spacial score (nSPS) is 16.1. The van der Waals surface area contributed by atoms with E-state index in [4.69, 9.17) is 9.84 Å². The number of halogens is 3. The highest BCUT2D eigenvalue weighted by molar-refractivity contribution is 8.00. The summed E-state index contributed by atoms with van der Waals surface area (Å²) < 4.78 is 47.9. The Hall–Kier alpha value is -2.43. The number of carboxylic acids is 1. The van der Waals surface area contributed by atoms with Crippen LogP contribution >= 0.6 is 11.9 Å². The van der Waals surface area contributed by atoms with Crippen molar-refractivity contribution in [3.8, 4) is 5.75 Å². The topological polar surface area (TPSA) is 90.8 Å². The predicted molar refractivity (Wildman–Crippen MR) is 114 cm³/mol. The van der Waals surface area contributed by atoms with Crippen LogP contribution in [0.15, 0.2) is 41.3 Å². The largest absolute Gasteiger partial charge is 0.496 e. The lowest BCUT2D eigenvalue weighted by Crippen LogP contribution is -2.28. The third-order valence-corrected chi connectivity index (χ3v) is 5.66. The fourth-order valence-corrected chi connectivity index (χ4v) is 4.13. The molecule has 0 aliphatic carbocycles. The number of hydrogen-bond acceptors (Lipinski definition) is 6. The molecule has 2 aromatic rings. The fraction of sp³-hybridized carbons (Fsp3) is 0.381. The number of carboxylic acid groups (broad SMARTS) is 1. The maximum absolute atomic E-state index is 13.2. The van der Waals surface area contributed by atoms with Crippen molar-refractivity contribution in [1.82, 2.24) is 5.32 Å². The van der Waals surface area contributed by atoms with Gasteiger partial charge < -0.3 is 25.0 Å². The molecule has 0 radical (unpaired) electrons. The van der Waals surface area contributed by atoms with Gasteiger partial charge in [0.2, 0.25) is 0 Å². The number of aliphatic hydroxyl groups is 1. The molecule has 1 unspecified atom stereocenters. The summed E-state index contributed by atoms with van der Waals surface area (Å²) >= 11 is 1.03. The molecule has 0 aromatic heterocycles. The molecule has 1 aliphatic heterocycles. The zero-order valence-corrected chi connectivity index (χ0v) is 17.9. The number of nitrogens with one attached hydrogen (secondary N) is 2. The van der Waals surface area contributed by atoms with Gasteiger partial charge >= 0.3 is 12.1 Å². The number of piperidine rings is 1. The quantitative estimate of drug-likeness (QED) is 0.470. The van der Waals surface area contributed by atoms with Gasteiger partial charge in [-0.25, -0.2) is 4.79 Å². The van der Waals surface area contributed by atoms with E-state index < -0.39 is 17.7 Å². The van der Waals surface area contributed by atoms with E-state index in [1.807, 2.05) is 0 Å². The molecule has 2 aromatic carbocycles. The van der Waals surface area contributed by atoms with Gasteiger partial charge in [-0.05, 0) is 73.1 Å². The van der Waals surface area contributed by atoms with E-state index in [9.17, 15) is 23.1 Å². The van der Waals surface area contributed by atoms with E-state index in [0.29, 0.717) is 22.9 Å². The van der Waals surface area contributed by atoms with Crippen LogP contribution in [0.2, 0.25) is 0 Å². The lowest BCUT2D eigenvalue weighted by molar-refractivity contribution is -0.137. The third kappa shape index (κ3) is 6.52. The molecule has 0 saturated carbocycles. The fourth-order valence-electron chi connectivity index (χ4n) is 3.29. The number of anilines is 1. The Bertz CT molecular complexity index is 887. The molecule has 0 spiro atoms. The Kier molecular flexibility index (Phi) is 9.02. The first-order valence-electron chi connectivity index (χ1n) is 9.50. The SMILES string of the molecule is CO.COc1ccc(C(=O)O)cc1SNc1cc(C(F)(F)F)ccc1C1CCCNC1. The molecule has 4 N–H and O–H groups in total. The van der Waals surface area contributed by atoms with E-state index in [2.05, 4.69) is 10.0 Å². The van der Waals surface area contributed by atoms with Crippen LogP contribution in [0.25, 0.3) is 0 Å². The molecule has 1 atom stereocenters. The van der Waals surface area contributed by atoms with Crippen LogP contribution in [0.5, 0.6) is 5.75 Å². The highest BCUT2D eigenvalue weighted by Crippen LogP contribution is 2.39. The number of benzene rings is 2. The summed E-state index contributed by atoms with van der Waals surface area (Å²) in [5.74, 6) is -0.565. The number of carbonyl (C=O) groups is 1. The summed E-state index contributed by atoms with van der Waals surface area (Å²) in [5.41, 5.74) is 0.488. The number of hydrogen-bond donors (Lipinski definition) is 4. The Morgan fingerprint density at radius 3 is 2.55 bits per heavy atom. The summed E-state index contributed by atoms with van der Waals surface area (Å²) in [6.45, 7) is 1.59. The van der Waals surface area contributed by atoms with Gasteiger partial charge in [0.05, 0.1) is 23.1 Å². The Morgan fingerprint density at radius 2 is 1.97 bits per heavy atom. The van der Waals surface area contributed by atoms with Crippen molar-refractivity contribution < 1.29 is 32.9 Å². The first-order valence-corrected chi connectivity index (χ1v) is 10.3. The Balaban J connectivity index is 0.00000166. The Morgan fingerprint density at radius 1 is 1.23 bits per heavy atom. The molecular weight excluding hydrogens is 433 g/mol. The summed E-state index contributed by atoms with van der Waals surface area (Å²) in [6.07, 6.45) is -2.62. The van der Waals surface area contributed by atoms with Gasteiger partial charge in [-0.1, -0.05) is 6.07 Å². The lowest BCUT2D eigenvalue weighted by Gasteiger charge is -2.26. The van der Waals surface area contributed by atoms with Crippen molar-refractivity contribution in [2.24, 2.45) is 0 Å². The standard InChI is InChI=1S/C20H21F3N2O3S.CH4O/c1-28-17-7-4-12(19(26)27)9-18(17)29-25-16-10-14(20(21,22)23)5-6-15(16)13-3-2-8-24-11-13;1-2/h4-7,9-10,13,24-25H,2-3,8,11H2,1H3,(H,26,27);2H,1H3. The number of alkyl halides is 3.